The fourth-order valence-electron chi connectivity index (χ4n) is 5.60. The molecule has 6 rings (SSSR count). The number of aliphatic hydroxyl groups excluding tert-OH is 1. The Kier molecular flexibility index (Phi) is 7.45. The van der Waals surface area contributed by atoms with Gasteiger partial charge in [-0.2, -0.15) is 5.10 Å². The number of aryl methyl sites for hydroxylation is 1. The first kappa shape index (κ1) is 28.5. The molecule has 3 saturated carbocycles. The zero-order chi connectivity index (χ0) is 29.4. The summed E-state index contributed by atoms with van der Waals surface area (Å²) in [5, 5.41) is 24.8. The van der Waals surface area contributed by atoms with Crippen molar-refractivity contribution < 1.29 is 46.5 Å². The Hall–Kier alpha value is -4.07. The van der Waals surface area contributed by atoms with Crippen molar-refractivity contribution in [3.8, 4) is 17.2 Å². The summed E-state index contributed by atoms with van der Waals surface area (Å²) in [6, 6.07) is 7.83. The van der Waals surface area contributed by atoms with E-state index in [4.69, 9.17) is 9.47 Å². The zero-order valence-electron chi connectivity index (χ0n) is 21.9. The van der Waals surface area contributed by atoms with Crippen LogP contribution in [0.4, 0.5) is 17.6 Å². The van der Waals surface area contributed by atoms with Gasteiger partial charge in [0.05, 0.1) is 17.2 Å². The van der Waals surface area contributed by atoms with E-state index < -0.39 is 47.6 Å². The maximum absolute atomic E-state index is 13.9. The normalized spacial score (nSPS) is 23.7. The lowest BCUT2D eigenvalue weighted by atomic mass is 9.60. The molecule has 220 valence electrons. The highest BCUT2D eigenvalue weighted by Gasteiger charge is 2.55. The topological polar surface area (TPSA) is 135 Å². The third kappa shape index (κ3) is 6.32. The van der Waals surface area contributed by atoms with Crippen LogP contribution in [0.2, 0.25) is 0 Å². The highest BCUT2D eigenvalue weighted by molar-refractivity contribution is 5.83. The number of hydrogen-bond acceptors (Lipinski definition) is 7. The van der Waals surface area contributed by atoms with Crippen LogP contribution in [-0.2, 0) is 9.59 Å². The van der Waals surface area contributed by atoms with E-state index in [1.165, 1.54) is 0 Å². The van der Waals surface area contributed by atoms with E-state index in [-0.39, 0.29) is 24.7 Å². The number of carbonyl (C=O) groups excluding carboxylic acids is 2. The zero-order valence-corrected chi connectivity index (χ0v) is 21.9. The Morgan fingerprint density at radius 1 is 1.02 bits per heavy atom. The van der Waals surface area contributed by atoms with Crippen molar-refractivity contribution in [2.75, 3.05) is 13.2 Å². The molecule has 0 aliphatic heterocycles. The van der Waals surface area contributed by atoms with E-state index in [1.54, 1.807) is 12.1 Å². The molecule has 4 N–H and O–H groups in total. The molecule has 41 heavy (non-hydrogen) atoms. The van der Waals surface area contributed by atoms with Gasteiger partial charge in [0.25, 0.3) is 11.8 Å². The summed E-state index contributed by atoms with van der Waals surface area (Å²) >= 11 is 0. The van der Waals surface area contributed by atoms with E-state index in [1.807, 2.05) is 13.0 Å². The van der Waals surface area contributed by atoms with Crippen LogP contribution in [0.25, 0.3) is 10.9 Å². The number of rotatable bonds is 9. The van der Waals surface area contributed by atoms with Gasteiger partial charge in [-0.3, -0.25) is 14.7 Å². The van der Waals surface area contributed by atoms with Crippen LogP contribution < -0.4 is 24.8 Å². The van der Waals surface area contributed by atoms with Crippen molar-refractivity contribution in [1.82, 2.24) is 20.8 Å². The maximum Gasteiger partial charge on any atom is 0.573 e. The molecule has 1 heterocycles. The quantitative estimate of drug-likeness (QED) is 0.285. The number of ether oxygens (including phenoxy) is 3. The van der Waals surface area contributed by atoms with E-state index in [0.717, 1.165) is 28.7 Å². The van der Waals surface area contributed by atoms with Crippen molar-refractivity contribution in [3.05, 3.63) is 47.9 Å². The Morgan fingerprint density at radius 3 is 2.29 bits per heavy atom. The van der Waals surface area contributed by atoms with Gasteiger partial charge in [-0.25, -0.2) is 4.39 Å². The van der Waals surface area contributed by atoms with Gasteiger partial charge in [-0.05, 0) is 63.3 Å². The first-order valence-electron chi connectivity index (χ1n) is 12.9. The largest absolute Gasteiger partial charge is 0.573 e. The van der Waals surface area contributed by atoms with Crippen molar-refractivity contribution >= 4 is 22.7 Å². The van der Waals surface area contributed by atoms with E-state index in [0.29, 0.717) is 37.5 Å². The van der Waals surface area contributed by atoms with Crippen molar-refractivity contribution in [2.45, 2.75) is 62.6 Å². The fourth-order valence-corrected chi connectivity index (χ4v) is 5.60. The van der Waals surface area contributed by atoms with Gasteiger partial charge in [-0.1, -0.05) is 0 Å². The molecule has 14 heteroatoms. The number of benzene rings is 2. The molecule has 0 unspecified atom stereocenters. The van der Waals surface area contributed by atoms with E-state index in [9.17, 15) is 32.3 Å². The summed E-state index contributed by atoms with van der Waals surface area (Å²) in [5.41, 5.74) is 0.0914. The molecule has 3 aliphatic rings. The molecule has 0 spiro atoms. The number of halogens is 4. The van der Waals surface area contributed by atoms with Gasteiger partial charge in [0.2, 0.25) is 0 Å². The third-order valence-corrected chi connectivity index (χ3v) is 7.70. The molecule has 0 radical (unpaired) electrons. The average Bonchev–Trinajstić information content (AvgIpc) is 3.28. The number of nitrogens with zero attached hydrogens (tertiary/aromatic N) is 1. The predicted molar refractivity (Wildman–Crippen MR) is 136 cm³/mol. The molecule has 3 aliphatic carbocycles. The smallest absolute Gasteiger partial charge is 0.484 e. The number of nitrogens with one attached hydrogen (secondary N) is 3. The van der Waals surface area contributed by atoms with Crippen LogP contribution in [0.1, 0.15) is 37.8 Å². The summed E-state index contributed by atoms with van der Waals surface area (Å²) in [4.78, 5) is 25.3. The molecular formula is C27H28F4N4O6. The first-order valence-corrected chi connectivity index (χ1v) is 12.9. The van der Waals surface area contributed by atoms with Crippen molar-refractivity contribution in [2.24, 2.45) is 0 Å². The minimum Gasteiger partial charge on any atom is -0.484 e. The summed E-state index contributed by atoms with van der Waals surface area (Å²) in [5.74, 6) is -2.89. The van der Waals surface area contributed by atoms with Gasteiger partial charge >= 0.3 is 6.36 Å². The van der Waals surface area contributed by atoms with Gasteiger partial charge in [0.15, 0.2) is 24.8 Å². The number of aromatic amines is 1. The fraction of sp³-hybridized carbons (Fsp3) is 0.444. The van der Waals surface area contributed by atoms with E-state index in [2.05, 4.69) is 25.6 Å². The van der Waals surface area contributed by atoms with E-state index >= 15 is 0 Å². The van der Waals surface area contributed by atoms with Crippen LogP contribution in [0.3, 0.4) is 0 Å². The lowest BCUT2D eigenvalue weighted by molar-refractivity contribution is -0.275. The monoisotopic (exact) mass is 580 g/mol. The highest BCUT2D eigenvalue weighted by atomic mass is 19.4. The second-order valence-corrected chi connectivity index (χ2v) is 10.5. The molecule has 10 nitrogen and oxygen atoms in total. The lowest BCUT2D eigenvalue weighted by Gasteiger charge is -2.56. The Labute approximate surface area is 231 Å². The summed E-state index contributed by atoms with van der Waals surface area (Å²) in [6.45, 7) is 1.15. The molecule has 2 bridgehead atoms. The third-order valence-electron chi connectivity index (χ3n) is 7.70. The van der Waals surface area contributed by atoms with Crippen LogP contribution in [0.5, 0.6) is 17.2 Å². The molecular weight excluding hydrogens is 552 g/mol. The maximum atomic E-state index is 13.9. The number of aromatic nitrogens is 2. The summed E-state index contributed by atoms with van der Waals surface area (Å²) in [6.07, 6.45) is -3.94. The second kappa shape index (κ2) is 10.7. The minimum atomic E-state index is -5.05. The standard InChI is InChI=1S/C27H28F4N4O6/c1-15-18-4-2-17(11-20(18)35-34-15)40-14-24(38)33-26-8-6-25(7-9-26,12-22(26)36)32-23(37)13-39-16-3-5-21(19(28)10-16)41-27(29,30)31/h2-5,10-11,22,36H,6-9,12-14H2,1H3,(H,32,37)(H,33,38)(H,34,35)/t22-,25?,26?/m0/s1. The number of hydrogen-bond donors (Lipinski definition) is 4. The van der Waals surface area contributed by atoms with Crippen LogP contribution in [0.15, 0.2) is 36.4 Å². The number of aliphatic hydroxyl groups is 1. The molecule has 2 aromatic carbocycles. The second-order valence-electron chi connectivity index (χ2n) is 10.5. The molecule has 0 saturated heterocycles. The minimum absolute atomic E-state index is 0.152. The number of H-pyrrole nitrogens is 1. The van der Waals surface area contributed by atoms with Gasteiger partial charge in [-0.15, -0.1) is 13.2 Å². The van der Waals surface area contributed by atoms with Crippen molar-refractivity contribution in [3.63, 3.8) is 0 Å². The Bertz CT molecular complexity index is 1450. The predicted octanol–water partition coefficient (Wildman–Crippen LogP) is 3.42. The van der Waals surface area contributed by atoms with Crippen molar-refractivity contribution in [1.29, 1.82) is 0 Å². The molecule has 2 amide bonds. The lowest BCUT2D eigenvalue weighted by Crippen LogP contribution is -2.70. The first-order chi connectivity index (χ1) is 19.4. The Morgan fingerprint density at radius 2 is 1.66 bits per heavy atom. The molecule has 3 aromatic rings. The van der Waals surface area contributed by atoms with Gasteiger partial charge in [0.1, 0.15) is 11.5 Å². The number of amides is 2. The van der Waals surface area contributed by atoms with Gasteiger partial charge < -0.3 is 30.0 Å². The van der Waals surface area contributed by atoms with Crippen LogP contribution >= 0.6 is 0 Å². The Balaban J connectivity index is 1.10. The number of carbonyl (C=O) groups is 2. The number of alkyl halides is 3. The molecule has 3 fully saturated rings. The number of fused-ring (bicyclic) bond motifs is 4. The summed E-state index contributed by atoms with van der Waals surface area (Å²) in [7, 11) is 0. The molecule has 1 aromatic heterocycles. The average molecular weight is 581 g/mol. The van der Waals surface area contributed by atoms with Gasteiger partial charge in [0, 0.05) is 28.8 Å². The summed E-state index contributed by atoms with van der Waals surface area (Å²) < 4.78 is 65.2. The highest BCUT2D eigenvalue weighted by Crippen LogP contribution is 2.47. The van der Waals surface area contributed by atoms with Crippen LogP contribution in [-0.4, -0.2) is 63.9 Å². The molecule has 1 atom stereocenters. The van der Waals surface area contributed by atoms with Crippen LogP contribution in [0, 0.1) is 12.7 Å². The SMILES string of the molecule is Cc1[nH]nc2cc(OCC(=O)NC34CCC(NC(=O)COc5ccc(OC(F)(F)F)c(F)c5)(CC3)C[C@@H]4O)ccc12.